The van der Waals surface area contributed by atoms with Crippen molar-refractivity contribution in [1.29, 1.82) is 0 Å². The Morgan fingerprint density at radius 3 is 1.39 bits per heavy atom. The number of aliphatic hydroxyl groups excluding tert-OH is 4. The van der Waals surface area contributed by atoms with Crippen molar-refractivity contribution in [3.8, 4) is 0 Å². The number of unbranched alkanes of at least 4 members (excludes halogenated alkanes) is 24. The summed E-state index contributed by atoms with van der Waals surface area (Å²) >= 11 is 0. The van der Waals surface area contributed by atoms with Gasteiger partial charge < -0.3 is 39.4 Å². The highest BCUT2D eigenvalue weighted by molar-refractivity contribution is 5.70. The highest BCUT2D eigenvalue weighted by atomic mass is 16.7. The van der Waals surface area contributed by atoms with Crippen LogP contribution in [0.25, 0.3) is 0 Å². The molecule has 1 aliphatic rings. The van der Waals surface area contributed by atoms with E-state index in [0.717, 1.165) is 57.8 Å². The Kier molecular flexibility index (Phi) is 35.8. The van der Waals surface area contributed by atoms with E-state index >= 15 is 0 Å². The fraction of sp³-hybridized carbons (Fsp3) is 0.872. The zero-order chi connectivity index (χ0) is 41.6. The fourth-order valence-corrected chi connectivity index (χ4v) is 7.06. The molecule has 0 aromatic heterocycles. The number of carbonyl (C=O) groups excluding carboxylic acids is 2. The first-order valence-corrected chi connectivity index (χ1v) is 23.4. The third kappa shape index (κ3) is 30.0. The number of aliphatic hydroxyl groups is 4. The van der Waals surface area contributed by atoms with Gasteiger partial charge in [-0.1, -0.05) is 154 Å². The largest absolute Gasteiger partial charge is 0.462 e. The Morgan fingerprint density at radius 1 is 0.526 bits per heavy atom. The van der Waals surface area contributed by atoms with Gasteiger partial charge in [0.15, 0.2) is 12.4 Å². The van der Waals surface area contributed by atoms with Crippen molar-refractivity contribution in [1.82, 2.24) is 0 Å². The lowest BCUT2D eigenvalue weighted by Crippen LogP contribution is -2.59. The lowest BCUT2D eigenvalue weighted by Gasteiger charge is -2.39. The standard InChI is InChI=1S/C47H86O10/c1-3-5-7-9-11-13-15-17-19-20-22-23-25-27-29-31-33-35-42(49)54-38-40(39-55-47-46(53)45(52)44(51)41(37-48)57-47)56-43(50)36-34-32-30-28-26-24-21-18-16-14-12-10-8-6-4-2/h17,19,24,26,40-41,44-48,51-53H,3-16,18,20-23,25,27-39H2,1-2H3/b19-17+,26-24+/t40-,41-,44+,45?,46?,47-/m0/s1. The number of hydrogen-bond acceptors (Lipinski definition) is 10. The van der Waals surface area contributed by atoms with E-state index in [4.69, 9.17) is 18.9 Å². The van der Waals surface area contributed by atoms with Crippen LogP contribution >= 0.6 is 0 Å². The molecule has 0 aromatic rings. The van der Waals surface area contributed by atoms with Gasteiger partial charge in [0, 0.05) is 12.8 Å². The van der Waals surface area contributed by atoms with Crippen LogP contribution in [0.4, 0.5) is 0 Å². The van der Waals surface area contributed by atoms with Gasteiger partial charge in [0.1, 0.15) is 31.0 Å². The summed E-state index contributed by atoms with van der Waals surface area (Å²) in [6.45, 7) is 3.41. The van der Waals surface area contributed by atoms with Crippen LogP contribution in [0, 0.1) is 0 Å². The molecule has 0 bridgehead atoms. The van der Waals surface area contributed by atoms with Crippen molar-refractivity contribution < 1.29 is 49.0 Å². The zero-order valence-corrected chi connectivity index (χ0v) is 36.3. The van der Waals surface area contributed by atoms with Crippen molar-refractivity contribution in [3.63, 3.8) is 0 Å². The van der Waals surface area contributed by atoms with Gasteiger partial charge in [-0.15, -0.1) is 0 Å². The number of esters is 2. The highest BCUT2D eigenvalue weighted by Crippen LogP contribution is 2.23. The topological polar surface area (TPSA) is 152 Å². The predicted molar refractivity (Wildman–Crippen MR) is 229 cm³/mol. The average molecular weight is 811 g/mol. The molecule has 57 heavy (non-hydrogen) atoms. The number of carbonyl (C=O) groups is 2. The van der Waals surface area contributed by atoms with Gasteiger partial charge in [0.2, 0.25) is 0 Å². The third-order valence-electron chi connectivity index (χ3n) is 10.8. The molecule has 1 aliphatic heterocycles. The van der Waals surface area contributed by atoms with E-state index in [1.165, 1.54) is 116 Å². The van der Waals surface area contributed by atoms with Gasteiger partial charge in [-0.3, -0.25) is 9.59 Å². The lowest BCUT2D eigenvalue weighted by atomic mass is 9.99. The second-order valence-electron chi connectivity index (χ2n) is 16.2. The Labute approximate surface area is 347 Å². The molecule has 4 N–H and O–H groups in total. The van der Waals surface area contributed by atoms with Crippen LogP contribution in [0.1, 0.15) is 206 Å². The van der Waals surface area contributed by atoms with Crippen LogP contribution in [0.3, 0.4) is 0 Å². The van der Waals surface area contributed by atoms with Gasteiger partial charge in [-0.25, -0.2) is 0 Å². The molecule has 0 spiro atoms. The molecule has 0 aromatic carbocycles. The first kappa shape index (κ1) is 53.2. The second kappa shape index (κ2) is 38.4. The van der Waals surface area contributed by atoms with Crippen molar-refractivity contribution in [2.24, 2.45) is 0 Å². The maximum Gasteiger partial charge on any atom is 0.306 e. The minimum atomic E-state index is -1.60. The molecule has 10 nitrogen and oxygen atoms in total. The molecule has 2 unspecified atom stereocenters. The summed E-state index contributed by atoms with van der Waals surface area (Å²) in [4.78, 5) is 25.3. The Bertz CT molecular complexity index is 985. The summed E-state index contributed by atoms with van der Waals surface area (Å²) in [5.74, 6) is -0.824. The van der Waals surface area contributed by atoms with E-state index in [0.29, 0.717) is 6.42 Å². The minimum absolute atomic E-state index is 0.211. The van der Waals surface area contributed by atoms with Gasteiger partial charge >= 0.3 is 11.9 Å². The SMILES string of the molecule is CCCCCCCC/C=C/CCCCCCCCCC(=O)OC[C@@H](CO[C@H]1O[C@@H](CO)[C@@H](O)C(O)C1O)OC(=O)CCCCC/C=C/CCCCCCCCCC. The summed E-state index contributed by atoms with van der Waals surface area (Å²) in [6.07, 6.45) is 34.7. The second-order valence-corrected chi connectivity index (χ2v) is 16.2. The number of rotatable bonds is 39. The molecule has 10 heteroatoms. The van der Waals surface area contributed by atoms with Crippen LogP contribution in [0.2, 0.25) is 0 Å². The minimum Gasteiger partial charge on any atom is -0.462 e. The highest BCUT2D eigenvalue weighted by Gasteiger charge is 2.44. The van der Waals surface area contributed by atoms with Crippen molar-refractivity contribution in [2.45, 2.75) is 243 Å². The first-order valence-electron chi connectivity index (χ1n) is 23.4. The van der Waals surface area contributed by atoms with E-state index in [9.17, 15) is 30.0 Å². The number of hydrogen-bond donors (Lipinski definition) is 4. The van der Waals surface area contributed by atoms with Crippen LogP contribution < -0.4 is 0 Å². The Morgan fingerprint density at radius 2 is 0.930 bits per heavy atom. The number of allylic oxidation sites excluding steroid dienone is 4. The van der Waals surface area contributed by atoms with E-state index in [2.05, 4.69) is 38.2 Å². The van der Waals surface area contributed by atoms with Crippen molar-refractivity contribution in [3.05, 3.63) is 24.3 Å². The van der Waals surface area contributed by atoms with Crippen LogP contribution in [-0.4, -0.2) is 89.0 Å². The van der Waals surface area contributed by atoms with Gasteiger partial charge in [0.05, 0.1) is 13.2 Å². The van der Waals surface area contributed by atoms with Crippen molar-refractivity contribution >= 4 is 11.9 Å². The summed E-state index contributed by atoms with van der Waals surface area (Å²) in [5.41, 5.74) is 0. The average Bonchev–Trinajstić information content (AvgIpc) is 3.21. The molecule has 0 amide bonds. The quantitative estimate of drug-likeness (QED) is 0.0268. The Balaban J connectivity index is 2.32. The van der Waals surface area contributed by atoms with E-state index in [1.807, 2.05) is 0 Å². The molecule has 0 radical (unpaired) electrons. The van der Waals surface area contributed by atoms with Crippen LogP contribution in [0.5, 0.6) is 0 Å². The third-order valence-corrected chi connectivity index (χ3v) is 10.8. The van der Waals surface area contributed by atoms with Gasteiger partial charge in [0.25, 0.3) is 0 Å². The van der Waals surface area contributed by atoms with Crippen LogP contribution in [0.15, 0.2) is 24.3 Å². The van der Waals surface area contributed by atoms with Crippen LogP contribution in [-0.2, 0) is 28.5 Å². The van der Waals surface area contributed by atoms with Crippen molar-refractivity contribution in [2.75, 3.05) is 19.8 Å². The zero-order valence-electron chi connectivity index (χ0n) is 36.3. The molecule has 334 valence electrons. The summed E-state index contributed by atoms with van der Waals surface area (Å²) in [5, 5.41) is 40.1. The maximum atomic E-state index is 12.8. The maximum absolute atomic E-state index is 12.8. The summed E-state index contributed by atoms with van der Waals surface area (Å²) in [6, 6.07) is 0. The normalized spacial score (nSPS) is 20.4. The van der Waals surface area contributed by atoms with E-state index < -0.39 is 49.4 Å². The fourth-order valence-electron chi connectivity index (χ4n) is 7.06. The Hall–Kier alpha value is -1.82. The van der Waals surface area contributed by atoms with Gasteiger partial charge in [-0.05, 0) is 64.2 Å². The smallest absolute Gasteiger partial charge is 0.306 e. The van der Waals surface area contributed by atoms with Gasteiger partial charge in [-0.2, -0.15) is 0 Å². The molecule has 1 saturated heterocycles. The van der Waals surface area contributed by atoms with E-state index in [1.54, 1.807) is 0 Å². The molecule has 0 aliphatic carbocycles. The molecule has 0 saturated carbocycles. The number of ether oxygens (including phenoxy) is 4. The molecule has 1 fully saturated rings. The summed E-state index contributed by atoms with van der Waals surface area (Å²) in [7, 11) is 0. The molecular formula is C47H86O10. The predicted octanol–water partition coefficient (Wildman–Crippen LogP) is 10.1. The lowest BCUT2D eigenvalue weighted by molar-refractivity contribution is -0.305. The first-order chi connectivity index (χ1) is 27.8. The molecule has 1 heterocycles. The summed E-state index contributed by atoms with van der Waals surface area (Å²) < 4.78 is 22.2. The monoisotopic (exact) mass is 811 g/mol. The molecule has 1 rings (SSSR count). The molecular weight excluding hydrogens is 725 g/mol. The molecule has 6 atom stereocenters. The van der Waals surface area contributed by atoms with E-state index in [-0.39, 0.29) is 32.0 Å².